The van der Waals surface area contributed by atoms with E-state index in [4.69, 9.17) is 4.42 Å². The Kier molecular flexibility index (Phi) is 4.42. The van der Waals surface area contributed by atoms with Gasteiger partial charge >= 0.3 is 0 Å². The summed E-state index contributed by atoms with van der Waals surface area (Å²) in [5.74, 6) is 0.630. The lowest BCUT2D eigenvalue weighted by atomic mass is 10.2. The molecule has 0 unspecified atom stereocenters. The van der Waals surface area contributed by atoms with Gasteiger partial charge in [-0.2, -0.15) is 4.31 Å². The number of nitrogens with zero attached hydrogens (tertiary/aromatic N) is 1. The van der Waals surface area contributed by atoms with E-state index < -0.39 is 10.0 Å². The summed E-state index contributed by atoms with van der Waals surface area (Å²) in [6.07, 6.45) is 5.35. The lowest BCUT2D eigenvalue weighted by molar-refractivity contribution is 0.292. The van der Waals surface area contributed by atoms with Crippen molar-refractivity contribution in [2.24, 2.45) is 0 Å². The molecule has 0 saturated heterocycles. The van der Waals surface area contributed by atoms with E-state index in [-0.39, 0.29) is 23.0 Å². The van der Waals surface area contributed by atoms with Crippen molar-refractivity contribution in [3.63, 3.8) is 0 Å². The minimum absolute atomic E-state index is 0.0172. The number of benzene rings is 1. The predicted octanol–water partition coefficient (Wildman–Crippen LogP) is 3.25. The quantitative estimate of drug-likeness (QED) is 0.745. The Morgan fingerprint density at radius 1 is 1.12 bits per heavy atom. The van der Waals surface area contributed by atoms with E-state index in [1.807, 2.05) is 0 Å². The summed E-state index contributed by atoms with van der Waals surface area (Å²) in [7, 11) is -3.68. The van der Waals surface area contributed by atoms with Crippen LogP contribution in [0.4, 0.5) is 0 Å². The number of aromatic nitrogens is 1. The van der Waals surface area contributed by atoms with Crippen LogP contribution in [-0.4, -0.2) is 23.7 Å². The molecule has 0 spiro atoms. The van der Waals surface area contributed by atoms with Crippen LogP contribution in [0.15, 0.2) is 62.8 Å². The highest BCUT2D eigenvalue weighted by molar-refractivity contribution is 7.89. The number of pyridine rings is 1. The highest BCUT2D eigenvalue weighted by Gasteiger charge is 2.34. The highest BCUT2D eigenvalue weighted by Crippen LogP contribution is 2.31. The molecule has 0 aliphatic heterocycles. The lowest BCUT2D eigenvalue weighted by Gasteiger charge is -2.27. The van der Waals surface area contributed by atoms with E-state index >= 15 is 0 Å². The second-order valence-corrected chi connectivity index (χ2v) is 8.53. The molecule has 0 atom stereocenters. The molecular weight excluding hydrogens is 352 g/mol. The maximum atomic E-state index is 13.4. The van der Waals surface area contributed by atoms with E-state index in [0.29, 0.717) is 16.7 Å². The molecule has 3 aromatic rings. The van der Waals surface area contributed by atoms with Crippen LogP contribution >= 0.6 is 0 Å². The third-order valence-corrected chi connectivity index (χ3v) is 6.82. The van der Waals surface area contributed by atoms with E-state index in [0.717, 1.165) is 25.7 Å². The molecule has 0 amide bonds. The van der Waals surface area contributed by atoms with Crippen molar-refractivity contribution in [1.29, 1.82) is 0 Å². The Hall–Kier alpha value is -2.38. The SMILES string of the molecule is O=c1ccc2cc(S(=O)(=O)N(Cc3ccco3)C3CCCC3)ccc2[nH]1. The van der Waals surface area contributed by atoms with Crippen LogP contribution in [0.1, 0.15) is 31.4 Å². The molecule has 1 fully saturated rings. The molecule has 4 rings (SSSR count). The Labute approximate surface area is 151 Å². The smallest absolute Gasteiger partial charge is 0.248 e. The van der Waals surface area contributed by atoms with Crippen LogP contribution in [0.3, 0.4) is 0 Å². The largest absolute Gasteiger partial charge is 0.468 e. The van der Waals surface area contributed by atoms with Crippen LogP contribution in [0.2, 0.25) is 0 Å². The number of aromatic amines is 1. The molecule has 1 N–H and O–H groups in total. The Balaban J connectivity index is 1.75. The molecular formula is C19H20N2O4S. The molecule has 1 aliphatic rings. The molecule has 2 aromatic heterocycles. The first-order valence-corrected chi connectivity index (χ1v) is 10.2. The molecule has 1 aliphatic carbocycles. The summed E-state index contributed by atoms with van der Waals surface area (Å²) in [5.41, 5.74) is 0.411. The van der Waals surface area contributed by atoms with Crippen LogP contribution < -0.4 is 5.56 Å². The van der Waals surface area contributed by atoms with Gasteiger partial charge in [0.2, 0.25) is 15.6 Å². The molecule has 6 nitrogen and oxygen atoms in total. The van der Waals surface area contributed by atoms with Gasteiger partial charge in [0.05, 0.1) is 17.7 Å². The third kappa shape index (κ3) is 3.20. The summed E-state index contributed by atoms with van der Waals surface area (Å²) in [5, 5.41) is 0.690. The second kappa shape index (κ2) is 6.74. The fraction of sp³-hybridized carbons (Fsp3) is 0.316. The van der Waals surface area contributed by atoms with Crippen LogP contribution in [-0.2, 0) is 16.6 Å². The monoisotopic (exact) mass is 372 g/mol. The van der Waals surface area contributed by atoms with Gasteiger partial charge in [-0.05, 0) is 54.6 Å². The average molecular weight is 372 g/mol. The lowest BCUT2D eigenvalue weighted by Crippen LogP contribution is -2.38. The first-order chi connectivity index (χ1) is 12.5. The average Bonchev–Trinajstić information content (AvgIpc) is 3.32. The van der Waals surface area contributed by atoms with Gasteiger partial charge in [-0.1, -0.05) is 12.8 Å². The zero-order valence-electron chi connectivity index (χ0n) is 14.2. The summed E-state index contributed by atoms with van der Waals surface area (Å²) in [4.78, 5) is 14.4. The molecule has 2 heterocycles. The van der Waals surface area contributed by atoms with E-state index in [9.17, 15) is 13.2 Å². The fourth-order valence-electron chi connectivity index (χ4n) is 3.59. The van der Waals surface area contributed by atoms with Gasteiger partial charge in [-0.15, -0.1) is 0 Å². The van der Waals surface area contributed by atoms with Gasteiger partial charge in [-0.25, -0.2) is 8.42 Å². The minimum Gasteiger partial charge on any atom is -0.468 e. The first kappa shape index (κ1) is 17.1. The normalized spacial score (nSPS) is 15.9. The molecule has 1 aromatic carbocycles. The van der Waals surface area contributed by atoms with Crippen LogP contribution in [0, 0.1) is 0 Å². The van der Waals surface area contributed by atoms with E-state index in [2.05, 4.69) is 4.98 Å². The van der Waals surface area contributed by atoms with Crippen molar-refractivity contribution in [3.8, 4) is 0 Å². The molecule has 136 valence electrons. The van der Waals surface area contributed by atoms with Gasteiger partial charge in [-0.3, -0.25) is 4.79 Å². The van der Waals surface area contributed by atoms with Crippen molar-refractivity contribution in [1.82, 2.24) is 9.29 Å². The predicted molar refractivity (Wildman–Crippen MR) is 98.3 cm³/mol. The second-order valence-electron chi connectivity index (χ2n) is 6.64. The Morgan fingerprint density at radius 2 is 1.92 bits per heavy atom. The Bertz CT molecular complexity index is 1060. The van der Waals surface area contributed by atoms with Crippen molar-refractivity contribution in [2.75, 3.05) is 0 Å². The highest BCUT2D eigenvalue weighted by atomic mass is 32.2. The van der Waals surface area contributed by atoms with Crippen LogP contribution in [0.25, 0.3) is 10.9 Å². The van der Waals surface area contributed by atoms with Gasteiger partial charge in [0.25, 0.3) is 0 Å². The number of rotatable bonds is 5. The molecule has 26 heavy (non-hydrogen) atoms. The number of fused-ring (bicyclic) bond motifs is 1. The van der Waals surface area contributed by atoms with Gasteiger partial charge in [0.15, 0.2) is 0 Å². The number of sulfonamides is 1. The number of hydrogen-bond donors (Lipinski definition) is 1. The summed E-state index contributed by atoms with van der Waals surface area (Å²) in [6, 6.07) is 11.4. The zero-order valence-corrected chi connectivity index (χ0v) is 15.0. The summed E-state index contributed by atoms with van der Waals surface area (Å²) in [6.45, 7) is 0.226. The van der Waals surface area contributed by atoms with Crippen molar-refractivity contribution < 1.29 is 12.8 Å². The van der Waals surface area contributed by atoms with Crippen molar-refractivity contribution >= 4 is 20.9 Å². The zero-order chi connectivity index (χ0) is 18.1. The van der Waals surface area contributed by atoms with Crippen LogP contribution in [0.5, 0.6) is 0 Å². The van der Waals surface area contributed by atoms with Gasteiger partial charge < -0.3 is 9.40 Å². The number of hydrogen-bond acceptors (Lipinski definition) is 4. The fourth-order valence-corrected chi connectivity index (χ4v) is 5.27. The summed E-state index contributed by atoms with van der Waals surface area (Å²) >= 11 is 0. The maximum absolute atomic E-state index is 13.4. The first-order valence-electron chi connectivity index (χ1n) is 8.71. The molecule has 0 bridgehead atoms. The van der Waals surface area contributed by atoms with E-state index in [1.165, 1.54) is 6.07 Å². The van der Waals surface area contributed by atoms with Crippen molar-refractivity contribution in [3.05, 3.63) is 64.8 Å². The third-order valence-electron chi connectivity index (χ3n) is 4.93. The van der Waals surface area contributed by atoms with Crippen molar-refractivity contribution in [2.45, 2.75) is 43.2 Å². The number of H-pyrrole nitrogens is 1. The van der Waals surface area contributed by atoms with E-state index in [1.54, 1.807) is 47.0 Å². The summed E-state index contributed by atoms with van der Waals surface area (Å²) < 4.78 is 33.7. The Morgan fingerprint density at radius 3 is 2.65 bits per heavy atom. The maximum Gasteiger partial charge on any atom is 0.248 e. The number of nitrogens with one attached hydrogen (secondary N) is 1. The van der Waals surface area contributed by atoms with Gasteiger partial charge in [0.1, 0.15) is 5.76 Å². The minimum atomic E-state index is -3.68. The topological polar surface area (TPSA) is 83.4 Å². The molecule has 1 saturated carbocycles. The molecule has 0 radical (unpaired) electrons. The van der Waals surface area contributed by atoms with Gasteiger partial charge in [0, 0.05) is 17.6 Å². The standard InChI is InChI=1S/C19H20N2O4S/c22-19-10-7-14-12-17(8-9-18(14)20-19)26(23,24)21(15-4-1-2-5-15)13-16-6-3-11-25-16/h3,6-12,15H,1-2,4-5,13H2,(H,20,22). The number of furan rings is 1. The molecule has 7 heteroatoms.